The van der Waals surface area contributed by atoms with Gasteiger partial charge in [-0.1, -0.05) is 109 Å². The van der Waals surface area contributed by atoms with E-state index in [1.54, 1.807) is 6.07 Å². The summed E-state index contributed by atoms with van der Waals surface area (Å²) in [5.41, 5.74) is 5.15. The molecule has 0 spiro atoms. The molecule has 238 valence electrons. The molecule has 0 atom stereocenters. The summed E-state index contributed by atoms with van der Waals surface area (Å²) >= 11 is 0. The first-order valence-corrected chi connectivity index (χ1v) is 16.2. The van der Waals surface area contributed by atoms with Crippen LogP contribution in [0.5, 0.6) is 28.7 Å². The standard InChI is InChI=1S/C44H26O6/c45-40-38(41(46)43(48)44(49)42(40)47)25-20-33(39-32-9-3-4-11-34(32)50-35(39)21-25)29-17-13-24-14-18-30-28(16-12-23-15-19-31(29)37(24)36(23)30)27-10-5-7-22-6-1-2-8-26(22)27/h1-21,45-49H. The molecule has 5 N–H and O–H groups in total. The summed E-state index contributed by atoms with van der Waals surface area (Å²) in [6.45, 7) is 0. The summed E-state index contributed by atoms with van der Waals surface area (Å²) in [4.78, 5) is 0. The lowest BCUT2D eigenvalue weighted by molar-refractivity contribution is 0.330. The first kappa shape index (κ1) is 28.1. The fourth-order valence-electron chi connectivity index (χ4n) is 7.90. The van der Waals surface area contributed by atoms with Crippen LogP contribution in [-0.4, -0.2) is 25.5 Å². The molecule has 10 rings (SSSR count). The highest BCUT2D eigenvalue weighted by molar-refractivity contribution is 6.29. The van der Waals surface area contributed by atoms with Crippen molar-refractivity contribution in [3.63, 3.8) is 0 Å². The van der Waals surface area contributed by atoms with E-state index in [0.717, 1.165) is 59.8 Å². The van der Waals surface area contributed by atoms with Crippen LogP contribution in [0.2, 0.25) is 0 Å². The highest BCUT2D eigenvalue weighted by Gasteiger charge is 2.27. The highest BCUT2D eigenvalue weighted by Crippen LogP contribution is 2.56. The van der Waals surface area contributed by atoms with Crippen LogP contribution in [0.4, 0.5) is 0 Å². The maximum atomic E-state index is 10.9. The normalized spacial score (nSPS) is 12.0. The van der Waals surface area contributed by atoms with E-state index in [1.165, 1.54) is 16.3 Å². The van der Waals surface area contributed by atoms with Crippen LogP contribution in [0.3, 0.4) is 0 Å². The van der Waals surface area contributed by atoms with Crippen LogP contribution in [0, 0.1) is 0 Å². The molecular weight excluding hydrogens is 624 g/mol. The van der Waals surface area contributed by atoms with Crippen LogP contribution >= 0.6 is 0 Å². The van der Waals surface area contributed by atoms with Crippen LogP contribution in [0.25, 0.3) is 98.4 Å². The Bertz CT molecular complexity index is 3010. The van der Waals surface area contributed by atoms with Crippen LogP contribution in [0.15, 0.2) is 132 Å². The van der Waals surface area contributed by atoms with Gasteiger partial charge in [-0.05, 0) is 89.1 Å². The van der Waals surface area contributed by atoms with Crippen molar-refractivity contribution in [3.05, 3.63) is 127 Å². The van der Waals surface area contributed by atoms with Crippen molar-refractivity contribution >= 4 is 65.0 Å². The number of furan rings is 1. The van der Waals surface area contributed by atoms with E-state index in [-0.39, 0.29) is 11.1 Å². The van der Waals surface area contributed by atoms with Crippen molar-refractivity contribution in [1.29, 1.82) is 0 Å². The molecule has 0 aliphatic heterocycles. The van der Waals surface area contributed by atoms with Gasteiger partial charge in [0.05, 0.1) is 5.56 Å². The van der Waals surface area contributed by atoms with E-state index in [1.807, 2.05) is 30.3 Å². The van der Waals surface area contributed by atoms with Gasteiger partial charge >= 0.3 is 0 Å². The minimum absolute atomic E-state index is 0.237. The first-order chi connectivity index (χ1) is 24.4. The van der Waals surface area contributed by atoms with Gasteiger partial charge in [0, 0.05) is 10.8 Å². The van der Waals surface area contributed by atoms with Crippen molar-refractivity contribution in [1.82, 2.24) is 0 Å². The fourth-order valence-corrected chi connectivity index (χ4v) is 7.90. The molecule has 0 radical (unpaired) electrons. The lowest BCUT2D eigenvalue weighted by atomic mass is 9.85. The summed E-state index contributed by atoms with van der Waals surface area (Å²) in [7, 11) is 0. The molecule has 50 heavy (non-hydrogen) atoms. The van der Waals surface area contributed by atoms with Gasteiger partial charge < -0.3 is 29.9 Å². The van der Waals surface area contributed by atoms with Crippen molar-refractivity contribution < 1.29 is 29.9 Å². The second-order valence-electron chi connectivity index (χ2n) is 12.8. The van der Waals surface area contributed by atoms with Gasteiger partial charge in [-0.25, -0.2) is 0 Å². The number of rotatable bonds is 3. The van der Waals surface area contributed by atoms with E-state index in [0.29, 0.717) is 11.2 Å². The lowest BCUT2D eigenvalue weighted by Crippen LogP contribution is -1.91. The maximum Gasteiger partial charge on any atom is 0.208 e. The number of para-hydroxylation sites is 1. The lowest BCUT2D eigenvalue weighted by Gasteiger charge is -2.18. The SMILES string of the molecule is Oc1c(O)c(O)c(-c2cc(-c3ccc4ccc5c(-c6cccc7ccccc67)ccc6ccc3c4c65)c3c(c2)oc2ccccc23)c(O)c1O. The zero-order valence-electron chi connectivity index (χ0n) is 26.3. The highest BCUT2D eigenvalue weighted by atomic mass is 16.4. The molecule has 0 aliphatic rings. The summed E-state index contributed by atoms with van der Waals surface area (Å²) in [6.07, 6.45) is 0. The van der Waals surface area contributed by atoms with Crippen LogP contribution in [-0.2, 0) is 0 Å². The van der Waals surface area contributed by atoms with Gasteiger partial charge in [-0.2, -0.15) is 0 Å². The zero-order chi connectivity index (χ0) is 33.8. The van der Waals surface area contributed by atoms with Crippen molar-refractivity contribution in [2.45, 2.75) is 0 Å². The van der Waals surface area contributed by atoms with Gasteiger partial charge in [0.15, 0.2) is 11.5 Å². The molecule has 0 saturated carbocycles. The number of benzene rings is 9. The van der Waals surface area contributed by atoms with Crippen molar-refractivity contribution in [3.8, 4) is 62.1 Å². The third kappa shape index (κ3) is 3.73. The van der Waals surface area contributed by atoms with E-state index in [9.17, 15) is 25.5 Å². The van der Waals surface area contributed by atoms with Gasteiger partial charge in [0.2, 0.25) is 17.2 Å². The molecule has 1 aromatic heterocycles. The number of hydrogen-bond donors (Lipinski definition) is 5. The molecular formula is C44H26O6. The Morgan fingerprint density at radius 2 is 0.880 bits per heavy atom. The Balaban J connectivity index is 1.31. The monoisotopic (exact) mass is 650 g/mol. The summed E-state index contributed by atoms with van der Waals surface area (Å²) in [5, 5.41) is 63.6. The van der Waals surface area contributed by atoms with Crippen molar-refractivity contribution in [2.75, 3.05) is 0 Å². The largest absolute Gasteiger partial charge is 0.504 e. The van der Waals surface area contributed by atoms with Crippen molar-refractivity contribution in [2.24, 2.45) is 0 Å². The van der Waals surface area contributed by atoms with Gasteiger partial charge in [-0.15, -0.1) is 0 Å². The van der Waals surface area contributed by atoms with E-state index in [4.69, 9.17) is 4.42 Å². The van der Waals surface area contributed by atoms with Gasteiger partial charge in [-0.3, -0.25) is 0 Å². The average molecular weight is 651 g/mol. The third-order valence-electron chi connectivity index (χ3n) is 10.2. The molecule has 1 heterocycles. The topological polar surface area (TPSA) is 114 Å². The minimum atomic E-state index is -1.01. The molecule has 9 aromatic carbocycles. The Hall–Kier alpha value is -6.92. The predicted molar refractivity (Wildman–Crippen MR) is 200 cm³/mol. The molecule has 0 bridgehead atoms. The quantitative estimate of drug-likeness (QED) is 0.0738. The van der Waals surface area contributed by atoms with E-state index >= 15 is 0 Å². The summed E-state index contributed by atoms with van der Waals surface area (Å²) in [6, 6.07) is 43.2. The molecule has 0 amide bonds. The Kier molecular flexibility index (Phi) is 5.65. The van der Waals surface area contributed by atoms with Gasteiger partial charge in [0.25, 0.3) is 0 Å². The molecule has 0 unspecified atom stereocenters. The molecule has 6 heteroatoms. The van der Waals surface area contributed by atoms with Crippen LogP contribution in [0.1, 0.15) is 0 Å². The molecule has 6 nitrogen and oxygen atoms in total. The maximum absolute atomic E-state index is 10.9. The third-order valence-corrected chi connectivity index (χ3v) is 10.2. The Morgan fingerprint density at radius 3 is 1.58 bits per heavy atom. The number of hydrogen-bond acceptors (Lipinski definition) is 6. The minimum Gasteiger partial charge on any atom is -0.504 e. The molecule has 10 aromatic rings. The second kappa shape index (κ2) is 10.0. The first-order valence-electron chi connectivity index (χ1n) is 16.2. The fraction of sp³-hybridized carbons (Fsp3) is 0. The van der Waals surface area contributed by atoms with E-state index in [2.05, 4.69) is 91.0 Å². The average Bonchev–Trinajstić information content (AvgIpc) is 3.53. The van der Waals surface area contributed by atoms with Gasteiger partial charge in [0.1, 0.15) is 11.2 Å². The number of phenols is 5. The smallest absolute Gasteiger partial charge is 0.208 e. The zero-order valence-corrected chi connectivity index (χ0v) is 26.3. The Morgan fingerprint density at radius 1 is 0.340 bits per heavy atom. The summed E-state index contributed by atoms with van der Waals surface area (Å²) < 4.78 is 6.33. The number of fused-ring (bicyclic) bond motifs is 4. The van der Waals surface area contributed by atoms with E-state index < -0.39 is 28.7 Å². The summed E-state index contributed by atoms with van der Waals surface area (Å²) in [5.74, 6) is -4.42. The molecule has 0 fully saturated rings. The molecule has 0 aliphatic carbocycles. The number of aromatic hydroxyl groups is 5. The number of phenolic OH excluding ortho intramolecular Hbond substituents is 5. The second-order valence-corrected chi connectivity index (χ2v) is 12.8. The van der Waals surface area contributed by atoms with Crippen LogP contribution < -0.4 is 0 Å². The molecule has 0 saturated heterocycles. The Labute approximate surface area is 283 Å². The predicted octanol–water partition coefficient (Wildman–Crippen LogP) is 11.2.